The van der Waals surface area contributed by atoms with Crippen LogP contribution in [0.3, 0.4) is 0 Å². The van der Waals surface area contributed by atoms with E-state index in [9.17, 15) is 9.59 Å². The second kappa shape index (κ2) is 9.23. The van der Waals surface area contributed by atoms with Crippen LogP contribution in [0.25, 0.3) is 10.8 Å². The maximum Gasteiger partial charge on any atom is 0.259 e. The van der Waals surface area contributed by atoms with Crippen LogP contribution in [0, 0.1) is 5.41 Å². The summed E-state index contributed by atoms with van der Waals surface area (Å²) in [6.45, 7) is 9.81. The molecule has 8 nitrogen and oxygen atoms in total. The molecule has 8 heteroatoms. The number of allylic oxidation sites excluding steroid dienone is 1. The Kier molecular flexibility index (Phi) is 5.77. The number of carbonyl (C=O) groups excluding carboxylic acids is 2. The van der Waals surface area contributed by atoms with Gasteiger partial charge in [0.15, 0.2) is 0 Å². The van der Waals surface area contributed by atoms with Gasteiger partial charge in [0.2, 0.25) is 5.91 Å². The molecule has 3 aromatic rings. The molecular weight excluding hydrogens is 488 g/mol. The van der Waals surface area contributed by atoms with Gasteiger partial charge < -0.3 is 15.5 Å². The third kappa shape index (κ3) is 4.22. The van der Waals surface area contributed by atoms with Crippen LogP contribution in [0.2, 0.25) is 0 Å². The lowest BCUT2D eigenvalue weighted by molar-refractivity contribution is -0.122. The maximum atomic E-state index is 13.5. The topological polar surface area (TPSA) is 82.5 Å². The predicted molar refractivity (Wildman–Crippen MR) is 153 cm³/mol. The Labute approximate surface area is 229 Å². The summed E-state index contributed by atoms with van der Waals surface area (Å²) in [6.07, 6.45) is 11.6. The lowest BCUT2D eigenvalue weighted by Gasteiger charge is -2.44. The average Bonchev–Trinajstić information content (AvgIpc) is 3.49. The minimum Gasteiger partial charge on any atom is -0.352 e. The van der Waals surface area contributed by atoms with Crippen molar-refractivity contribution in [2.45, 2.75) is 64.0 Å². The number of anilines is 3. The molecule has 0 unspecified atom stereocenters. The highest BCUT2D eigenvalue weighted by Crippen LogP contribution is 2.44. The molecule has 1 aromatic heterocycles. The van der Waals surface area contributed by atoms with Crippen molar-refractivity contribution in [2.75, 3.05) is 29.9 Å². The molecule has 2 amide bonds. The van der Waals surface area contributed by atoms with Gasteiger partial charge in [0.05, 0.1) is 23.6 Å². The zero-order chi connectivity index (χ0) is 26.7. The first kappa shape index (κ1) is 24.4. The number of piperidine rings is 2. The molecule has 0 radical (unpaired) electrons. The molecule has 202 valence electrons. The van der Waals surface area contributed by atoms with Crippen molar-refractivity contribution in [1.29, 1.82) is 0 Å². The van der Waals surface area contributed by atoms with Crippen molar-refractivity contribution in [3.8, 4) is 0 Å². The van der Waals surface area contributed by atoms with Crippen molar-refractivity contribution < 1.29 is 9.59 Å². The highest BCUT2D eigenvalue weighted by atomic mass is 16.2. The first-order valence-corrected chi connectivity index (χ1v) is 14.3. The standard InChI is InChI=1S/C31H36N6O2/c1-20-7-9-27(29(38)33-20)37-26-10-8-25(23-5-3-6-24(28(23)26)30(37)39)34-21-17-32-36(18-21)22-11-15-35(16-12-22)19-31(2)13-4-14-31/h3,5-6,8,10,17-18,22,27,34H,1,4,7,9,11-16,19H2,2H3,(H,33,38)/t27-/m0/s1. The summed E-state index contributed by atoms with van der Waals surface area (Å²) >= 11 is 0. The predicted octanol–water partition coefficient (Wildman–Crippen LogP) is 5.36. The smallest absolute Gasteiger partial charge is 0.259 e. The van der Waals surface area contributed by atoms with Crippen molar-refractivity contribution in [3.05, 3.63) is 60.6 Å². The van der Waals surface area contributed by atoms with Crippen LogP contribution in [0.1, 0.15) is 68.3 Å². The summed E-state index contributed by atoms with van der Waals surface area (Å²) in [5, 5.41) is 12.9. The number of rotatable bonds is 6. The lowest BCUT2D eigenvalue weighted by Crippen LogP contribution is -2.51. The van der Waals surface area contributed by atoms with E-state index in [4.69, 9.17) is 5.10 Å². The molecule has 1 aliphatic carbocycles. The van der Waals surface area contributed by atoms with E-state index in [1.54, 1.807) is 4.90 Å². The number of nitrogens with one attached hydrogen (secondary N) is 2. The molecule has 1 saturated carbocycles. The van der Waals surface area contributed by atoms with Gasteiger partial charge in [0.25, 0.3) is 5.91 Å². The second-order valence-corrected chi connectivity index (χ2v) is 12.2. The normalized spacial score (nSPS) is 23.3. The van der Waals surface area contributed by atoms with Crippen molar-refractivity contribution in [2.24, 2.45) is 5.41 Å². The summed E-state index contributed by atoms with van der Waals surface area (Å²) in [5.41, 5.74) is 4.54. The quantitative estimate of drug-likeness (QED) is 0.454. The van der Waals surface area contributed by atoms with Crippen LogP contribution in [-0.2, 0) is 4.79 Å². The molecule has 1 atom stereocenters. The number of nitrogens with zero attached hydrogens (tertiary/aromatic N) is 4. The Hall–Kier alpha value is -3.65. The Bertz CT molecular complexity index is 1480. The summed E-state index contributed by atoms with van der Waals surface area (Å²) in [6, 6.07) is 9.65. The monoisotopic (exact) mass is 524 g/mol. The maximum absolute atomic E-state index is 13.5. The Morgan fingerprint density at radius 1 is 1.13 bits per heavy atom. The Morgan fingerprint density at radius 2 is 1.95 bits per heavy atom. The van der Waals surface area contributed by atoms with Gasteiger partial charge in [-0.25, -0.2) is 0 Å². The van der Waals surface area contributed by atoms with E-state index in [1.807, 2.05) is 36.5 Å². The van der Waals surface area contributed by atoms with Gasteiger partial charge in [0, 0.05) is 53.6 Å². The van der Waals surface area contributed by atoms with Crippen LogP contribution in [0.5, 0.6) is 0 Å². The van der Waals surface area contributed by atoms with Crippen molar-refractivity contribution in [1.82, 2.24) is 20.0 Å². The van der Waals surface area contributed by atoms with Gasteiger partial charge in [-0.3, -0.25) is 19.2 Å². The number of hydrogen-bond donors (Lipinski definition) is 2. The second-order valence-electron chi connectivity index (χ2n) is 12.2. The molecule has 39 heavy (non-hydrogen) atoms. The average molecular weight is 525 g/mol. The molecule has 2 aromatic carbocycles. The summed E-state index contributed by atoms with van der Waals surface area (Å²) in [7, 11) is 0. The van der Waals surface area contributed by atoms with Gasteiger partial charge in [0.1, 0.15) is 6.04 Å². The number of benzene rings is 2. The van der Waals surface area contributed by atoms with E-state index in [2.05, 4.69) is 39.9 Å². The first-order chi connectivity index (χ1) is 18.9. The minimum absolute atomic E-state index is 0.120. The van der Waals surface area contributed by atoms with Gasteiger partial charge >= 0.3 is 0 Å². The molecule has 7 rings (SSSR count). The zero-order valence-corrected chi connectivity index (χ0v) is 22.6. The summed E-state index contributed by atoms with van der Waals surface area (Å²) in [4.78, 5) is 30.5. The Morgan fingerprint density at radius 3 is 2.69 bits per heavy atom. The molecule has 0 bridgehead atoms. The SMILES string of the molecule is C=C1CC[C@H](N2C(=O)c3cccc4c(Nc5cnn(C6CCN(CC7(C)CCC7)CC6)c5)ccc2c34)C(=O)N1. The number of aromatic nitrogens is 2. The van der Waals surface area contributed by atoms with Crippen LogP contribution in [-0.4, -0.2) is 52.2 Å². The fraction of sp³-hybridized carbons (Fsp3) is 0.452. The number of hydrogen-bond acceptors (Lipinski definition) is 5. The van der Waals surface area contributed by atoms with E-state index >= 15 is 0 Å². The minimum atomic E-state index is -0.529. The lowest BCUT2D eigenvalue weighted by atomic mass is 9.70. The van der Waals surface area contributed by atoms with Gasteiger partial charge in [-0.1, -0.05) is 32.1 Å². The highest BCUT2D eigenvalue weighted by Gasteiger charge is 2.40. The molecular formula is C31H36N6O2. The third-order valence-electron chi connectivity index (χ3n) is 9.34. The van der Waals surface area contributed by atoms with E-state index in [0.29, 0.717) is 35.6 Å². The molecule has 3 fully saturated rings. The Balaban J connectivity index is 1.09. The van der Waals surface area contributed by atoms with Crippen molar-refractivity contribution in [3.63, 3.8) is 0 Å². The van der Waals surface area contributed by atoms with Crippen molar-refractivity contribution >= 4 is 39.6 Å². The third-order valence-corrected chi connectivity index (χ3v) is 9.34. The van der Waals surface area contributed by atoms with E-state index in [0.717, 1.165) is 53.8 Å². The number of amides is 2. The van der Waals surface area contributed by atoms with Gasteiger partial charge in [-0.15, -0.1) is 0 Å². The summed E-state index contributed by atoms with van der Waals surface area (Å²) < 4.78 is 2.12. The van der Waals surface area contributed by atoms with E-state index < -0.39 is 6.04 Å². The van der Waals surface area contributed by atoms with Gasteiger partial charge in [-0.2, -0.15) is 5.10 Å². The number of carbonyl (C=O) groups is 2. The van der Waals surface area contributed by atoms with E-state index in [-0.39, 0.29) is 11.8 Å². The van der Waals surface area contributed by atoms with Crippen LogP contribution in [0.4, 0.5) is 17.1 Å². The first-order valence-electron chi connectivity index (χ1n) is 14.3. The molecule has 3 aliphatic heterocycles. The summed E-state index contributed by atoms with van der Waals surface area (Å²) in [5.74, 6) is -0.288. The molecule has 0 spiro atoms. The fourth-order valence-corrected chi connectivity index (χ4v) is 7.01. The zero-order valence-electron chi connectivity index (χ0n) is 22.6. The highest BCUT2D eigenvalue weighted by molar-refractivity contribution is 6.28. The van der Waals surface area contributed by atoms with Crippen LogP contribution >= 0.6 is 0 Å². The number of likely N-dealkylation sites (tertiary alicyclic amines) is 1. The largest absolute Gasteiger partial charge is 0.352 e. The van der Waals surface area contributed by atoms with Gasteiger partial charge in [-0.05, 0) is 62.1 Å². The fourth-order valence-electron chi connectivity index (χ4n) is 7.01. The molecule has 4 heterocycles. The molecule has 4 aliphatic rings. The van der Waals surface area contributed by atoms with E-state index in [1.165, 1.54) is 25.8 Å². The molecule has 2 saturated heterocycles. The van der Waals surface area contributed by atoms with Crippen LogP contribution < -0.4 is 15.5 Å². The molecule has 2 N–H and O–H groups in total. The van der Waals surface area contributed by atoms with Crippen LogP contribution in [0.15, 0.2) is 55.0 Å².